The quantitative estimate of drug-likeness (QED) is 0.859. The molecular weight excluding hydrogens is 212 g/mol. The molecule has 1 saturated heterocycles. The fourth-order valence-corrected chi connectivity index (χ4v) is 2.43. The molecular formula is C14H22N2O. The second-order valence-corrected chi connectivity index (χ2v) is 5.22. The average molecular weight is 234 g/mol. The van der Waals surface area contributed by atoms with E-state index in [9.17, 15) is 0 Å². The molecule has 0 aliphatic carbocycles. The van der Waals surface area contributed by atoms with Gasteiger partial charge in [-0.25, -0.2) is 0 Å². The molecule has 1 aromatic carbocycles. The van der Waals surface area contributed by atoms with Crippen molar-refractivity contribution in [3.8, 4) is 0 Å². The maximum atomic E-state index is 6.42. The van der Waals surface area contributed by atoms with Crippen LogP contribution in [0.4, 0.5) is 0 Å². The molecule has 94 valence electrons. The Kier molecular flexibility index (Phi) is 3.82. The van der Waals surface area contributed by atoms with Crippen LogP contribution in [0, 0.1) is 0 Å². The summed E-state index contributed by atoms with van der Waals surface area (Å²) in [4.78, 5) is 2.32. The Labute approximate surface area is 104 Å². The molecule has 0 amide bonds. The van der Waals surface area contributed by atoms with Gasteiger partial charge in [-0.15, -0.1) is 0 Å². The van der Waals surface area contributed by atoms with E-state index in [0.29, 0.717) is 6.04 Å². The number of nitrogens with two attached hydrogens (primary N) is 1. The summed E-state index contributed by atoms with van der Waals surface area (Å²) < 4.78 is 5.42. The molecule has 1 heterocycles. The van der Waals surface area contributed by atoms with Crippen molar-refractivity contribution in [1.29, 1.82) is 0 Å². The minimum atomic E-state index is -0.307. The van der Waals surface area contributed by atoms with E-state index >= 15 is 0 Å². The van der Waals surface area contributed by atoms with Crippen LogP contribution in [0.5, 0.6) is 0 Å². The number of nitrogens with zero attached hydrogens (tertiary/aromatic N) is 1. The molecule has 3 nitrogen and oxygen atoms in total. The third kappa shape index (κ3) is 3.06. The van der Waals surface area contributed by atoms with E-state index in [1.807, 2.05) is 18.2 Å². The smallest absolute Gasteiger partial charge is 0.0622 e. The lowest BCUT2D eigenvalue weighted by Gasteiger charge is -2.33. The van der Waals surface area contributed by atoms with Gasteiger partial charge in [0.1, 0.15) is 0 Å². The number of likely N-dealkylation sites (N-methyl/N-ethyl adjacent to an activating group) is 1. The summed E-state index contributed by atoms with van der Waals surface area (Å²) in [5.74, 6) is 0. The summed E-state index contributed by atoms with van der Waals surface area (Å²) in [7, 11) is 2.13. The lowest BCUT2D eigenvalue weighted by Crippen LogP contribution is -2.47. The van der Waals surface area contributed by atoms with Crippen LogP contribution in [0.25, 0.3) is 0 Å². The fourth-order valence-electron chi connectivity index (χ4n) is 2.43. The zero-order valence-electron chi connectivity index (χ0n) is 10.7. The Morgan fingerprint density at radius 1 is 1.41 bits per heavy atom. The largest absolute Gasteiger partial charge is 0.380 e. The van der Waals surface area contributed by atoms with E-state index < -0.39 is 0 Å². The first-order valence-corrected chi connectivity index (χ1v) is 6.22. The maximum absolute atomic E-state index is 6.42. The number of benzene rings is 1. The first kappa shape index (κ1) is 12.6. The van der Waals surface area contributed by atoms with Gasteiger partial charge < -0.3 is 10.5 Å². The minimum absolute atomic E-state index is 0.307. The fraction of sp³-hybridized carbons (Fsp3) is 0.571. The van der Waals surface area contributed by atoms with E-state index in [4.69, 9.17) is 10.5 Å². The van der Waals surface area contributed by atoms with Gasteiger partial charge in [0, 0.05) is 19.2 Å². The van der Waals surface area contributed by atoms with Crippen LogP contribution in [0.15, 0.2) is 30.3 Å². The molecule has 2 unspecified atom stereocenters. The maximum Gasteiger partial charge on any atom is 0.0622 e. The number of ether oxygens (including phenoxy) is 1. The van der Waals surface area contributed by atoms with Crippen LogP contribution >= 0.6 is 0 Å². The van der Waals surface area contributed by atoms with E-state index in [-0.39, 0.29) is 5.54 Å². The second-order valence-electron chi connectivity index (χ2n) is 5.22. The Morgan fingerprint density at radius 3 is 2.71 bits per heavy atom. The predicted octanol–water partition coefficient (Wildman–Crippen LogP) is 1.58. The molecule has 2 N–H and O–H groups in total. The molecule has 0 bridgehead atoms. The van der Waals surface area contributed by atoms with E-state index in [0.717, 1.165) is 26.2 Å². The van der Waals surface area contributed by atoms with Crippen LogP contribution in [0.3, 0.4) is 0 Å². The van der Waals surface area contributed by atoms with E-state index in [1.54, 1.807) is 0 Å². The molecule has 0 aromatic heterocycles. The van der Waals surface area contributed by atoms with Crippen LogP contribution in [0.1, 0.15) is 18.9 Å². The lowest BCUT2D eigenvalue weighted by atomic mass is 9.92. The molecule has 1 aliphatic rings. The van der Waals surface area contributed by atoms with Crippen LogP contribution in [-0.2, 0) is 10.3 Å². The molecule has 17 heavy (non-hydrogen) atoms. The van der Waals surface area contributed by atoms with E-state index in [2.05, 4.69) is 31.0 Å². The summed E-state index contributed by atoms with van der Waals surface area (Å²) in [6.45, 7) is 4.66. The number of rotatable bonds is 4. The highest BCUT2D eigenvalue weighted by Gasteiger charge is 2.28. The summed E-state index contributed by atoms with van der Waals surface area (Å²) in [5, 5.41) is 0. The first-order chi connectivity index (χ1) is 8.09. The average Bonchev–Trinajstić information content (AvgIpc) is 2.83. The standard InChI is InChI=1S/C14H22N2O/c1-14(15,12-6-4-3-5-7-12)11-16(2)13-8-9-17-10-13/h3-7,13H,8-11,15H2,1-2H3. The van der Waals surface area contributed by atoms with Gasteiger partial charge in [0.15, 0.2) is 0 Å². The molecule has 0 radical (unpaired) electrons. The topological polar surface area (TPSA) is 38.5 Å². The van der Waals surface area contributed by atoms with Gasteiger partial charge in [0.2, 0.25) is 0 Å². The molecule has 3 heteroatoms. The lowest BCUT2D eigenvalue weighted by molar-refractivity contribution is 0.145. The van der Waals surface area contributed by atoms with Gasteiger partial charge in [-0.2, -0.15) is 0 Å². The zero-order chi connectivity index (χ0) is 12.3. The van der Waals surface area contributed by atoms with Gasteiger partial charge in [0.05, 0.1) is 12.1 Å². The second kappa shape index (κ2) is 5.17. The van der Waals surface area contributed by atoms with Gasteiger partial charge >= 0.3 is 0 Å². The highest BCUT2D eigenvalue weighted by molar-refractivity contribution is 5.23. The zero-order valence-corrected chi connectivity index (χ0v) is 10.7. The Hall–Kier alpha value is -0.900. The van der Waals surface area contributed by atoms with E-state index in [1.165, 1.54) is 5.56 Å². The minimum Gasteiger partial charge on any atom is -0.380 e. The first-order valence-electron chi connectivity index (χ1n) is 6.22. The van der Waals surface area contributed by atoms with Crippen molar-refractivity contribution in [3.05, 3.63) is 35.9 Å². The normalized spacial score (nSPS) is 23.9. The molecule has 2 atom stereocenters. The predicted molar refractivity (Wildman–Crippen MR) is 69.8 cm³/mol. The third-order valence-corrected chi connectivity index (χ3v) is 3.54. The van der Waals surface area contributed by atoms with Crippen molar-refractivity contribution in [3.63, 3.8) is 0 Å². The summed E-state index contributed by atoms with van der Waals surface area (Å²) in [6.07, 6.45) is 1.11. The Morgan fingerprint density at radius 2 is 2.12 bits per heavy atom. The van der Waals surface area contributed by atoms with Crippen LogP contribution in [0.2, 0.25) is 0 Å². The van der Waals surface area contributed by atoms with Crippen molar-refractivity contribution < 1.29 is 4.74 Å². The Balaban J connectivity index is 2.01. The van der Waals surface area contributed by atoms with Crippen molar-refractivity contribution in [1.82, 2.24) is 4.90 Å². The molecule has 1 fully saturated rings. The van der Waals surface area contributed by atoms with Crippen molar-refractivity contribution in [2.75, 3.05) is 26.8 Å². The molecule has 1 aliphatic heterocycles. The van der Waals surface area contributed by atoms with Crippen LogP contribution < -0.4 is 5.73 Å². The summed E-state index contributed by atoms with van der Waals surface area (Å²) in [6, 6.07) is 10.8. The molecule has 2 rings (SSSR count). The monoisotopic (exact) mass is 234 g/mol. The van der Waals surface area contributed by atoms with Gasteiger partial charge in [-0.3, -0.25) is 4.90 Å². The highest BCUT2D eigenvalue weighted by atomic mass is 16.5. The van der Waals surface area contributed by atoms with Crippen molar-refractivity contribution in [2.45, 2.75) is 24.9 Å². The SMILES string of the molecule is CN(CC(C)(N)c1ccccc1)C1CCOC1. The number of hydrogen-bond acceptors (Lipinski definition) is 3. The van der Waals surface area contributed by atoms with Crippen LogP contribution in [-0.4, -0.2) is 37.7 Å². The highest BCUT2D eigenvalue weighted by Crippen LogP contribution is 2.21. The third-order valence-electron chi connectivity index (χ3n) is 3.54. The molecule has 0 spiro atoms. The van der Waals surface area contributed by atoms with Gasteiger partial charge in [0.25, 0.3) is 0 Å². The van der Waals surface area contributed by atoms with Crippen molar-refractivity contribution in [2.24, 2.45) is 5.73 Å². The Bertz CT molecular complexity index is 344. The van der Waals surface area contributed by atoms with Crippen molar-refractivity contribution >= 4 is 0 Å². The summed E-state index contributed by atoms with van der Waals surface area (Å²) >= 11 is 0. The van der Waals surface area contributed by atoms with Gasteiger partial charge in [-0.05, 0) is 26.0 Å². The molecule has 0 saturated carbocycles. The summed E-state index contributed by atoms with van der Waals surface area (Å²) in [5.41, 5.74) is 7.30. The molecule has 1 aromatic rings. The van der Waals surface area contributed by atoms with Gasteiger partial charge in [-0.1, -0.05) is 30.3 Å². The number of hydrogen-bond donors (Lipinski definition) is 1.